The molecule has 0 saturated carbocycles. The molecule has 0 saturated heterocycles. The second kappa shape index (κ2) is 25.7. The number of anilines is 4. The number of ether oxygens (including phenoxy) is 1. The summed E-state index contributed by atoms with van der Waals surface area (Å²) in [4.78, 5) is 25.3. The number of carbonyl (C=O) groups excluding carboxylic acids is 2. The summed E-state index contributed by atoms with van der Waals surface area (Å²) in [5.74, 6) is 1.12. The predicted octanol–water partition coefficient (Wildman–Crippen LogP) is 15.4. The average molecular weight is 857 g/mol. The van der Waals surface area contributed by atoms with Gasteiger partial charge < -0.3 is 15.2 Å². The van der Waals surface area contributed by atoms with E-state index in [1.54, 1.807) is 23.2 Å². The topological polar surface area (TPSA) is 90.9 Å². The summed E-state index contributed by atoms with van der Waals surface area (Å²) in [5, 5.41) is 15.6. The summed E-state index contributed by atoms with van der Waals surface area (Å²) in [7, 11) is 0. The van der Waals surface area contributed by atoms with Crippen molar-refractivity contribution < 1.29 is 19.4 Å². The van der Waals surface area contributed by atoms with Gasteiger partial charge in [-0.3, -0.25) is 10.2 Å². The van der Waals surface area contributed by atoms with E-state index < -0.39 is 5.97 Å². The molecule has 0 heterocycles. The zero-order valence-corrected chi connectivity index (χ0v) is 37.6. The van der Waals surface area contributed by atoms with Crippen LogP contribution < -0.4 is 20.5 Å². The van der Waals surface area contributed by atoms with Crippen molar-refractivity contribution in [3.05, 3.63) is 179 Å². The number of para-hydroxylation sites is 5. The molecule has 7 nitrogen and oxygen atoms in total. The van der Waals surface area contributed by atoms with E-state index in [0.717, 1.165) is 58.2 Å². The van der Waals surface area contributed by atoms with Crippen molar-refractivity contribution in [3.63, 3.8) is 0 Å². The highest BCUT2D eigenvalue weighted by Gasteiger charge is 2.28. The molecule has 6 rings (SSSR count). The lowest BCUT2D eigenvalue weighted by Crippen LogP contribution is -2.42. The van der Waals surface area contributed by atoms with Gasteiger partial charge in [0, 0.05) is 22.3 Å². The molecule has 0 aromatic heterocycles. The van der Waals surface area contributed by atoms with Crippen molar-refractivity contribution >= 4 is 46.2 Å². The minimum atomic E-state index is -0.550. The molecule has 0 spiro atoms. The van der Waals surface area contributed by atoms with Crippen molar-refractivity contribution in [2.75, 3.05) is 15.8 Å². The molecule has 8 heteroatoms. The SMILES string of the molecule is C.CC(C)c1ccccc1OC(=O)c1ccccc1O.CCCCC(C(=O)N(Nc1ccccc1)c1ccccc1)C(C)C.Cc1c(Cl)cccc1Nc1ccccc1C(C)C. The Labute approximate surface area is 376 Å². The fraction of sp³-hybridized carbons (Fsp3) is 0.296. The minimum absolute atomic E-state index is 0. The van der Waals surface area contributed by atoms with Crippen LogP contribution in [0.25, 0.3) is 0 Å². The van der Waals surface area contributed by atoms with E-state index >= 15 is 0 Å². The Hall–Kier alpha value is -6.05. The number of benzene rings is 6. The molecular weight excluding hydrogens is 790 g/mol. The molecule has 0 fully saturated rings. The number of rotatable bonds is 14. The fourth-order valence-electron chi connectivity index (χ4n) is 6.65. The maximum atomic E-state index is 13.3. The Morgan fingerprint density at radius 2 is 1.23 bits per heavy atom. The highest BCUT2D eigenvalue weighted by molar-refractivity contribution is 6.31. The van der Waals surface area contributed by atoms with Gasteiger partial charge >= 0.3 is 5.97 Å². The zero-order chi connectivity index (χ0) is 44.3. The first kappa shape index (κ1) is 50.3. The number of hydrazine groups is 1. The fourth-order valence-corrected chi connectivity index (χ4v) is 6.83. The monoisotopic (exact) mass is 855 g/mol. The zero-order valence-electron chi connectivity index (χ0n) is 36.9. The Morgan fingerprint density at radius 1 is 0.677 bits per heavy atom. The van der Waals surface area contributed by atoms with E-state index in [4.69, 9.17) is 16.3 Å². The highest BCUT2D eigenvalue weighted by atomic mass is 35.5. The first-order chi connectivity index (χ1) is 29.3. The van der Waals surface area contributed by atoms with Crippen LogP contribution in [0.3, 0.4) is 0 Å². The number of nitrogens with zero attached hydrogens (tertiary/aromatic N) is 1. The van der Waals surface area contributed by atoms with Gasteiger partial charge in [-0.05, 0) is 108 Å². The number of hydrogen-bond donors (Lipinski definition) is 3. The lowest BCUT2D eigenvalue weighted by molar-refractivity contribution is -0.123. The molecule has 6 aromatic rings. The van der Waals surface area contributed by atoms with Crippen LogP contribution in [0.15, 0.2) is 152 Å². The molecule has 0 bridgehead atoms. The normalized spacial score (nSPS) is 11.0. The van der Waals surface area contributed by atoms with Gasteiger partial charge in [-0.25, -0.2) is 9.80 Å². The molecule has 1 amide bonds. The highest BCUT2D eigenvalue weighted by Crippen LogP contribution is 2.31. The number of esters is 1. The third kappa shape index (κ3) is 14.8. The Morgan fingerprint density at radius 3 is 1.84 bits per heavy atom. The number of aromatic hydroxyl groups is 1. The van der Waals surface area contributed by atoms with Crippen molar-refractivity contribution in [1.82, 2.24) is 0 Å². The van der Waals surface area contributed by atoms with Gasteiger partial charge in [0.15, 0.2) is 0 Å². The van der Waals surface area contributed by atoms with Crippen molar-refractivity contribution in [2.45, 2.75) is 93.9 Å². The van der Waals surface area contributed by atoms with Crippen LogP contribution in [0.5, 0.6) is 11.5 Å². The van der Waals surface area contributed by atoms with Crippen molar-refractivity contribution in [2.24, 2.45) is 11.8 Å². The van der Waals surface area contributed by atoms with Gasteiger partial charge in [0.05, 0.1) is 11.4 Å². The third-order valence-corrected chi connectivity index (χ3v) is 10.6. The smallest absolute Gasteiger partial charge is 0.347 e. The number of phenols is 1. The maximum Gasteiger partial charge on any atom is 0.347 e. The van der Waals surface area contributed by atoms with Crippen LogP contribution in [0.2, 0.25) is 5.02 Å². The minimum Gasteiger partial charge on any atom is -0.507 e. The van der Waals surface area contributed by atoms with Crippen LogP contribution in [0.4, 0.5) is 22.7 Å². The van der Waals surface area contributed by atoms with Gasteiger partial charge in [0.1, 0.15) is 17.1 Å². The third-order valence-electron chi connectivity index (χ3n) is 10.2. The number of unbranched alkanes of at least 4 members (excludes halogenated alkanes) is 1. The van der Waals surface area contributed by atoms with E-state index in [0.29, 0.717) is 17.6 Å². The van der Waals surface area contributed by atoms with E-state index in [2.05, 4.69) is 69.6 Å². The first-order valence-electron chi connectivity index (χ1n) is 21.2. The molecular formula is C54H66ClN3O4. The summed E-state index contributed by atoms with van der Waals surface area (Å²) in [6.07, 6.45) is 3.10. The second-order valence-corrected chi connectivity index (χ2v) is 16.3. The molecule has 1 atom stereocenters. The lowest BCUT2D eigenvalue weighted by Gasteiger charge is -2.30. The molecule has 0 radical (unpaired) electrons. The second-order valence-electron chi connectivity index (χ2n) is 15.9. The Bertz CT molecular complexity index is 2260. The van der Waals surface area contributed by atoms with Gasteiger partial charge in [0.2, 0.25) is 5.91 Å². The van der Waals surface area contributed by atoms with Gasteiger partial charge in [-0.2, -0.15) is 0 Å². The summed E-state index contributed by atoms with van der Waals surface area (Å²) in [6, 6.07) is 47.7. The summed E-state index contributed by atoms with van der Waals surface area (Å²) < 4.78 is 5.37. The Kier molecular flexibility index (Phi) is 20.8. The molecule has 3 N–H and O–H groups in total. The first-order valence-corrected chi connectivity index (χ1v) is 21.6. The predicted molar refractivity (Wildman–Crippen MR) is 262 cm³/mol. The number of phenolic OH excluding ortho intramolecular Hbond substituents is 1. The van der Waals surface area contributed by atoms with E-state index in [1.807, 2.05) is 118 Å². The molecule has 1 unspecified atom stereocenters. The molecule has 0 aliphatic rings. The van der Waals surface area contributed by atoms with E-state index in [9.17, 15) is 14.7 Å². The average Bonchev–Trinajstić information content (AvgIpc) is 3.26. The van der Waals surface area contributed by atoms with Crippen molar-refractivity contribution in [1.29, 1.82) is 0 Å². The molecule has 62 heavy (non-hydrogen) atoms. The largest absolute Gasteiger partial charge is 0.507 e. The number of hydrogen-bond acceptors (Lipinski definition) is 6. The number of amides is 1. The number of carbonyl (C=O) groups is 2. The van der Waals surface area contributed by atoms with Gasteiger partial charge in [-0.15, -0.1) is 0 Å². The van der Waals surface area contributed by atoms with Gasteiger partial charge in [0.25, 0.3) is 0 Å². The molecule has 328 valence electrons. The number of nitrogens with one attached hydrogen (secondary N) is 2. The standard InChI is InChI=1S/C21H28N2O.C16H18ClN.C16H16O3.CH4/c1-4-5-16-20(17(2)3)21(24)23(19-14-10-7-11-15-19)22-18-12-8-6-9-13-18;1-11(2)13-7-4-5-9-16(13)18-15-10-6-8-14(17)12(15)3;1-11(2)12-7-4-6-10-15(12)19-16(18)13-8-3-5-9-14(13)17;/h6-15,17,20,22H,4-5,16H2,1-3H3;4-11,18H,1-3H3;3-11,17H,1-2H3;1H4. The van der Waals surface area contributed by atoms with Gasteiger partial charge in [-0.1, -0.05) is 171 Å². The van der Waals surface area contributed by atoms with Crippen LogP contribution in [0, 0.1) is 18.8 Å². The van der Waals surface area contributed by atoms with E-state index in [1.165, 1.54) is 17.7 Å². The summed E-state index contributed by atoms with van der Waals surface area (Å²) >= 11 is 6.14. The van der Waals surface area contributed by atoms with Crippen LogP contribution >= 0.6 is 11.6 Å². The van der Waals surface area contributed by atoms with Crippen LogP contribution in [-0.4, -0.2) is 17.0 Å². The quantitative estimate of drug-likeness (QED) is 0.0574. The van der Waals surface area contributed by atoms with Crippen LogP contribution in [-0.2, 0) is 4.79 Å². The Balaban J connectivity index is 0.000000249. The van der Waals surface area contributed by atoms with E-state index in [-0.39, 0.29) is 36.5 Å². The molecule has 0 aliphatic carbocycles. The summed E-state index contributed by atoms with van der Waals surface area (Å²) in [6.45, 7) is 16.9. The van der Waals surface area contributed by atoms with Crippen molar-refractivity contribution in [3.8, 4) is 11.5 Å². The number of halogens is 1. The lowest BCUT2D eigenvalue weighted by atomic mass is 9.89. The molecule has 6 aromatic carbocycles. The van der Waals surface area contributed by atoms with Crippen LogP contribution in [0.1, 0.15) is 114 Å². The molecule has 0 aliphatic heterocycles. The maximum absolute atomic E-state index is 13.3. The summed E-state index contributed by atoms with van der Waals surface area (Å²) in [5.41, 5.74) is 10.8.